The minimum Gasteiger partial charge on any atom is -0.477 e. The van der Waals surface area contributed by atoms with Crippen molar-refractivity contribution in [1.82, 2.24) is 9.88 Å². The summed E-state index contributed by atoms with van der Waals surface area (Å²) in [6, 6.07) is 4.72. The molecule has 2 atom stereocenters. The van der Waals surface area contributed by atoms with Crippen molar-refractivity contribution in [2.24, 2.45) is 0 Å². The standard InChI is InChI=1S/C14H18N2O3S/c1-16(9-6-7-10(8-9)20-2)13(17)11-4-3-5-12(15-11)14(18)19/h3-5,9-10H,6-8H2,1-2H3,(H,18,19). The molecular formula is C14H18N2O3S. The summed E-state index contributed by atoms with van der Waals surface area (Å²) in [7, 11) is 1.77. The highest BCUT2D eigenvalue weighted by molar-refractivity contribution is 7.99. The lowest BCUT2D eigenvalue weighted by Gasteiger charge is -2.24. The molecule has 1 aliphatic rings. The third kappa shape index (κ3) is 3.12. The van der Waals surface area contributed by atoms with E-state index in [-0.39, 0.29) is 23.3 Å². The zero-order chi connectivity index (χ0) is 14.7. The molecule has 1 fully saturated rings. The smallest absolute Gasteiger partial charge is 0.354 e. The summed E-state index contributed by atoms with van der Waals surface area (Å²) < 4.78 is 0. The third-order valence-electron chi connectivity index (χ3n) is 3.75. The van der Waals surface area contributed by atoms with Gasteiger partial charge in [-0.25, -0.2) is 9.78 Å². The van der Waals surface area contributed by atoms with E-state index in [2.05, 4.69) is 11.2 Å². The van der Waals surface area contributed by atoms with Crippen LogP contribution in [0.5, 0.6) is 0 Å². The lowest BCUT2D eigenvalue weighted by Crippen LogP contribution is -2.36. The molecule has 6 heteroatoms. The Morgan fingerprint density at radius 2 is 2.05 bits per heavy atom. The van der Waals surface area contributed by atoms with Gasteiger partial charge in [-0.05, 0) is 37.7 Å². The molecule has 108 valence electrons. The molecule has 0 aromatic carbocycles. The largest absolute Gasteiger partial charge is 0.477 e. The molecule has 1 heterocycles. The monoisotopic (exact) mass is 294 g/mol. The van der Waals surface area contributed by atoms with Crippen LogP contribution in [-0.2, 0) is 0 Å². The van der Waals surface area contributed by atoms with Crippen molar-refractivity contribution in [2.45, 2.75) is 30.6 Å². The zero-order valence-corrected chi connectivity index (χ0v) is 12.4. The van der Waals surface area contributed by atoms with Gasteiger partial charge >= 0.3 is 5.97 Å². The maximum absolute atomic E-state index is 12.4. The number of pyridine rings is 1. The molecule has 1 aromatic rings. The fraction of sp³-hybridized carbons (Fsp3) is 0.500. The predicted molar refractivity (Wildman–Crippen MR) is 78.2 cm³/mol. The first-order valence-electron chi connectivity index (χ1n) is 6.53. The normalized spacial score (nSPS) is 21.7. The van der Waals surface area contributed by atoms with Crippen molar-refractivity contribution in [3.05, 3.63) is 29.6 Å². The molecule has 1 amide bonds. The van der Waals surface area contributed by atoms with Crippen LogP contribution in [0.2, 0.25) is 0 Å². The Kier molecular flexibility index (Phi) is 4.65. The van der Waals surface area contributed by atoms with E-state index < -0.39 is 5.97 Å². The lowest BCUT2D eigenvalue weighted by atomic mass is 10.2. The van der Waals surface area contributed by atoms with Gasteiger partial charge in [0.05, 0.1) is 0 Å². The summed E-state index contributed by atoms with van der Waals surface area (Å²) in [4.78, 5) is 28.9. The highest BCUT2D eigenvalue weighted by Crippen LogP contribution is 2.31. The van der Waals surface area contributed by atoms with Gasteiger partial charge in [-0.15, -0.1) is 0 Å². The van der Waals surface area contributed by atoms with Crippen LogP contribution in [0.15, 0.2) is 18.2 Å². The van der Waals surface area contributed by atoms with Crippen LogP contribution >= 0.6 is 11.8 Å². The molecule has 0 spiro atoms. The van der Waals surface area contributed by atoms with Crippen molar-refractivity contribution in [3.63, 3.8) is 0 Å². The van der Waals surface area contributed by atoms with E-state index in [0.29, 0.717) is 5.25 Å². The van der Waals surface area contributed by atoms with Crippen LogP contribution in [-0.4, -0.2) is 51.5 Å². The molecule has 1 aromatic heterocycles. The molecular weight excluding hydrogens is 276 g/mol. The Hall–Kier alpha value is -1.56. The number of carbonyl (C=O) groups is 2. The average Bonchev–Trinajstić information content (AvgIpc) is 2.94. The Bertz CT molecular complexity index is 521. The van der Waals surface area contributed by atoms with E-state index in [0.717, 1.165) is 19.3 Å². The number of hydrogen-bond donors (Lipinski definition) is 1. The third-order valence-corrected chi connectivity index (χ3v) is 4.84. The van der Waals surface area contributed by atoms with Crippen LogP contribution in [0.3, 0.4) is 0 Å². The summed E-state index contributed by atoms with van der Waals surface area (Å²) in [6.45, 7) is 0. The number of hydrogen-bond acceptors (Lipinski definition) is 4. The Morgan fingerprint density at radius 3 is 2.65 bits per heavy atom. The molecule has 2 rings (SSSR count). The van der Waals surface area contributed by atoms with Crippen molar-refractivity contribution in [3.8, 4) is 0 Å². The van der Waals surface area contributed by atoms with E-state index in [9.17, 15) is 9.59 Å². The molecule has 0 bridgehead atoms. The van der Waals surface area contributed by atoms with Crippen LogP contribution in [0, 0.1) is 0 Å². The maximum Gasteiger partial charge on any atom is 0.354 e. The minimum absolute atomic E-state index is 0.0994. The van der Waals surface area contributed by atoms with Gasteiger partial charge in [0.15, 0.2) is 0 Å². The number of carboxylic acid groups (broad SMARTS) is 1. The van der Waals surface area contributed by atoms with Crippen LogP contribution < -0.4 is 0 Å². The summed E-state index contributed by atoms with van der Waals surface area (Å²) in [5.74, 6) is -1.33. The molecule has 0 saturated heterocycles. The first-order valence-corrected chi connectivity index (χ1v) is 7.82. The van der Waals surface area contributed by atoms with Crippen LogP contribution in [0.1, 0.15) is 40.2 Å². The fourth-order valence-electron chi connectivity index (χ4n) is 2.50. The number of carboxylic acids is 1. The van der Waals surface area contributed by atoms with Gasteiger partial charge in [0.2, 0.25) is 0 Å². The molecule has 5 nitrogen and oxygen atoms in total. The van der Waals surface area contributed by atoms with Crippen LogP contribution in [0.4, 0.5) is 0 Å². The summed E-state index contributed by atoms with van der Waals surface area (Å²) >= 11 is 1.84. The number of nitrogens with zero attached hydrogens (tertiary/aromatic N) is 2. The number of amides is 1. The topological polar surface area (TPSA) is 70.5 Å². The van der Waals surface area contributed by atoms with Crippen molar-refractivity contribution in [2.75, 3.05) is 13.3 Å². The molecule has 1 N–H and O–H groups in total. The molecule has 1 saturated carbocycles. The van der Waals surface area contributed by atoms with E-state index in [4.69, 9.17) is 5.11 Å². The average molecular weight is 294 g/mol. The first kappa shape index (κ1) is 14.8. The highest BCUT2D eigenvalue weighted by Gasteiger charge is 2.30. The van der Waals surface area contributed by atoms with Crippen molar-refractivity contribution < 1.29 is 14.7 Å². The van der Waals surface area contributed by atoms with E-state index in [1.165, 1.54) is 6.07 Å². The quantitative estimate of drug-likeness (QED) is 0.921. The van der Waals surface area contributed by atoms with Gasteiger partial charge < -0.3 is 10.0 Å². The van der Waals surface area contributed by atoms with Gasteiger partial charge in [-0.2, -0.15) is 11.8 Å². The van der Waals surface area contributed by atoms with E-state index in [1.54, 1.807) is 24.1 Å². The van der Waals surface area contributed by atoms with Gasteiger partial charge in [-0.1, -0.05) is 6.07 Å². The second-order valence-corrected chi connectivity index (χ2v) is 6.09. The minimum atomic E-state index is -1.12. The predicted octanol–water partition coefficient (Wildman–Crippen LogP) is 2.14. The molecule has 0 aliphatic heterocycles. The number of carbonyl (C=O) groups excluding carboxylic acids is 1. The summed E-state index contributed by atoms with van der Waals surface area (Å²) in [5.41, 5.74) is 0.0951. The van der Waals surface area contributed by atoms with Gasteiger partial charge in [0.1, 0.15) is 11.4 Å². The maximum atomic E-state index is 12.4. The summed E-state index contributed by atoms with van der Waals surface area (Å²) in [6.07, 6.45) is 5.19. The first-order chi connectivity index (χ1) is 9.52. The van der Waals surface area contributed by atoms with Crippen molar-refractivity contribution in [1.29, 1.82) is 0 Å². The Balaban J connectivity index is 2.11. The Morgan fingerprint density at radius 1 is 1.35 bits per heavy atom. The zero-order valence-electron chi connectivity index (χ0n) is 11.6. The second-order valence-electron chi connectivity index (χ2n) is 4.95. The second kappa shape index (κ2) is 6.26. The number of thioether (sulfide) groups is 1. The van der Waals surface area contributed by atoms with Gasteiger partial charge in [-0.3, -0.25) is 4.79 Å². The fourth-order valence-corrected chi connectivity index (χ4v) is 3.29. The molecule has 0 radical (unpaired) electrons. The van der Waals surface area contributed by atoms with Crippen molar-refractivity contribution >= 4 is 23.6 Å². The number of aromatic carboxylic acids is 1. The molecule has 1 aliphatic carbocycles. The molecule has 20 heavy (non-hydrogen) atoms. The number of rotatable bonds is 4. The Labute approximate surface area is 122 Å². The van der Waals surface area contributed by atoms with Gasteiger partial charge in [0, 0.05) is 18.3 Å². The van der Waals surface area contributed by atoms with E-state index >= 15 is 0 Å². The summed E-state index contributed by atoms with van der Waals surface area (Å²) in [5, 5.41) is 9.52. The lowest BCUT2D eigenvalue weighted by molar-refractivity contribution is 0.0689. The van der Waals surface area contributed by atoms with Crippen LogP contribution in [0.25, 0.3) is 0 Å². The molecule has 2 unspecified atom stereocenters. The van der Waals surface area contributed by atoms with Gasteiger partial charge in [0.25, 0.3) is 5.91 Å². The highest BCUT2D eigenvalue weighted by atomic mass is 32.2. The SMILES string of the molecule is CSC1CCC(N(C)C(=O)c2cccc(C(=O)O)n2)C1. The van der Waals surface area contributed by atoms with E-state index in [1.807, 2.05) is 11.8 Å². The number of aromatic nitrogens is 1.